The molecule has 0 saturated carbocycles. The fourth-order valence-corrected chi connectivity index (χ4v) is 3.12. The van der Waals surface area contributed by atoms with Crippen LogP contribution in [0.3, 0.4) is 0 Å². The summed E-state index contributed by atoms with van der Waals surface area (Å²) >= 11 is 5.95. The molecule has 2 N–H and O–H groups in total. The molecular formula is C15H13ClN2O3S. The summed E-state index contributed by atoms with van der Waals surface area (Å²) < 4.78 is 25.1. The van der Waals surface area contributed by atoms with Crippen molar-refractivity contribution in [1.29, 1.82) is 0 Å². The number of halogens is 1. The Morgan fingerprint density at radius 1 is 1.23 bits per heavy atom. The second kappa shape index (κ2) is 5.39. The largest absolute Gasteiger partial charge is 0.384 e. The Hall–Kier alpha value is -1.89. The quantitative estimate of drug-likeness (QED) is 0.883. The standard InChI is InChI=1S/C15H13ClN2O3S/c1-22(20,21)18-11-4-2-9-3-5-14-13(6-10(16)8-17-14)15(19)12(9)7-11/h2-8,15,18-19H,1H3. The van der Waals surface area contributed by atoms with E-state index in [4.69, 9.17) is 11.6 Å². The third-order valence-corrected chi connectivity index (χ3v) is 4.13. The van der Waals surface area contributed by atoms with E-state index in [-0.39, 0.29) is 0 Å². The summed E-state index contributed by atoms with van der Waals surface area (Å²) in [5, 5.41) is 11.1. The average Bonchev–Trinajstić information content (AvgIpc) is 2.56. The molecular weight excluding hydrogens is 324 g/mol. The molecule has 1 aromatic carbocycles. The molecule has 1 aliphatic carbocycles. The highest BCUT2D eigenvalue weighted by Gasteiger charge is 2.21. The van der Waals surface area contributed by atoms with Crippen molar-refractivity contribution in [2.24, 2.45) is 0 Å². The molecule has 1 aliphatic rings. The Morgan fingerprint density at radius 2 is 2.00 bits per heavy atom. The van der Waals surface area contributed by atoms with E-state index in [2.05, 4.69) is 9.71 Å². The monoisotopic (exact) mass is 336 g/mol. The number of benzene rings is 1. The van der Waals surface area contributed by atoms with Gasteiger partial charge in [0.15, 0.2) is 0 Å². The number of pyridine rings is 1. The number of aromatic nitrogens is 1. The molecule has 2 aromatic rings. The highest BCUT2D eigenvalue weighted by Crippen LogP contribution is 2.34. The summed E-state index contributed by atoms with van der Waals surface area (Å²) in [7, 11) is -3.38. The second-order valence-corrected chi connectivity index (χ2v) is 7.27. The molecule has 1 unspecified atom stereocenters. The predicted octanol–water partition coefficient (Wildman–Crippen LogP) is 2.67. The van der Waals surface area contributed by atoms with Gasteiger partial charge < -0.3 is 5.11 Å². The van der Waals surface area contributed by atoms with Gasteiger partial charge in [0, 0.05) is 17.4 Å². The minimum Gasteiger partial charge on any atom is -0.384 e. The summed E-state index contributed by atoms with van der Waals surface area (Å²) in [6.07, 6.45) is 5.28. The first kappa shape index (κ1) is 15.0. The zero-order valence-corrected chi connectivity index (χ0v) is 13.2. The Balaban J connectivity index is 2.12. The van der Waals surface area contributed by atoms with Crippen LogP contribution in [0.1, 0.15) is 28.5 Å². The molecule has 114 valence electrons. The first-order valence-corrected chi connectivity index (χ1v) is 8.74. The molecule has 1 aromatic heterocycles. The SMILES string of the molecule is CS(=O)(=O)Nc1ccc2c(c1)C(O)c1cc(Cl)cnc1C=C2. The van der Waals surface area contributed by atoms with Crippen LogP contribution in [0, 0.1) is 0 Å². The number of aliphatic hydroxyl groups excluding tert-OH is 1. The number of anilines is 1. The van der Waals surface area contributed by atoms with Crippen LogP contribution in [0.15, 0.2) is 30.5 Å². The Morgan fingerprint density at radius 3 is 2.73 bits per heavy atom. The van der Waals surface area contributed by atoms with Crippen LogP contribution in [-0.4, -0.2) is 24.8 Å². The maximum atomic E-state index is 11.3. The van der Waals surface area contributed by atoms with Gasteiger partial charge in [0.2, 0.25) is 10.0 Å². The topological polar surface area (TPSA) is 79.3 Å². The Kier molecular flexibility index (Phi) is 3.68. The molecule has 0 aliphatic heterocycles. The van der Waals surface area contributed by atoms with Gasteiger partial charge in [0.05, 0.1) is 17.0 Å². The van der Waals surface area contributed by atoms with Gasteiger partial charge in [-0.15, -0.1) is 0 Å². The number of sulfonamides is 1. The van der Waals surface area contributed by atoms with Crippen molar-refractivity contribution in [1.82, 2.24) is 4.98 Å². The highest BCUT2D eigenvalue weighted by molar-refractivity contribution is 7.92. The Bertz CT molecular complexity index is 878. The number of fused-ring (bicyclic) bond motifs is 2. The van der Waals surface area contributed by atoms with Gasteiger partial charge in [0.25, 0.3) is 0 Å². The van der Waals surface area contributed by atoms with Crippen molar-refractivity contribution >= 4 is 39.5 Å². The minimum absolute atomic E-state index is 0.395. The van der Waals surface area contributed by atoms with E-state index in [0.717, 1.165) is 11.8 Å². The number of nitrogens with one attached hydrogen (secondary N) is 1. The number of aliphatic hydroxyl groups is 1. The lowest BCUT2D eigenvalue weighted by Crippen LogP contribution is -2.11. The lowest BCUT2D eigenvalue weighted by molar-refractivity contribution is 0.219. The number of nitrogens with zero attached hydrogens (tertiary/aromatic N) is 1. The third kappa shape index (κ3) is 2.99. The molecule has 1 heterocycles. The first-order valence-electron chi connectivity index (χ1n) is 6.47. The zero-order chi connectivity index (χ0) is 15.9. The van der Waals surface area contributed by atoms with Crippen molar-refractivity contribution in [2.75, 3.05) is 11.0 Å². The van der Waals surface area contributed by atoms with Crippen LogP contribution in [0.2, 0.25) is 5.02 Å². The third-order valence-electron chi connectivity index (χ3n) is 3.32. The van der Waals surface area contributed by atoms with E-state index in [9.17, 15) is 13.5 Å². The molecule has 22 heavy (non-hydrogen) atoms. The van der Waals surface area contributed by atoms with E-state index in [1.165, 1.54) is 6.20 Å². The maximum absolute atomic E-state index is 11.3. The van der Waals surface area contributed by atoms with Crippen LogP contribution in [0.4, 0.5) is 5.69 Å². The van der Waals surface area contributed by atoms with Gasteiger partial charge >= 0.3 is 0 Å². The highest BCUT2D eigenvalue weighted by atomic mass is 35.5. The van der Waals surface area contributed by atoms with Crippen LogP contribution in [0.5, 0.6) is 0 Å². The molecule has 0 spiro atoms. The predicted molar refractivity (Wildman–Crippen MR) is 87.1 cm³/mol. The lowest BCUT2D eigenvalue weighted by atomic mass is 9.98. The zero-order valence-electron chi connectivity index (χ0n) is 11.6. The first-order chi connectivity index (χ1) is 10.3. The smallest absolute Gasteiger partial charge is 0.229 e. The van der Waals surface area contributed by atoms with E-state index in [1.54, 1.807) is 30.3 Å². The molecule has 0 radical (unpaired) electrons. The summed E-state index contributed by atoms with van der Waals surface area (Å²) in [5.74, 6) is 0. The van der Waals surface area contributed by atoms with Crippen LogP contribution < -0.4 is 4.72 Å². The fraction of sp³-hybridized carbons (Fsp3) is 0.133. The van der Waals surface area contributed by atoms with Crippen molar-refractivity contribution in [3.05, 3.63) is 57.9 Å². The van der Waals surface area contributed by atoms with Crippen LogP contribution in [-0.2, 0) is 10.0 Å². The molecule has 0 amide bonds. The number of rotatable bonds is 2. The summed E-state index contributed by atoms with van der Waals surface area (Å²) in [6, 6.07) is 6.66. The molecule has 5 nitrogen and oxygen atoms in total. The van der Waals surface area contributed by atoms with Crippen LogP contribution >= 0.6 is 11.6 Å². The molecule has 0 fully saturated rings. The number of hydrogen-bond acceptors (Lipinski definition) is 4. The van der Waals surface area contributed by atoms with E-state index >= 15 is 0 Å². The average molecular weight is 337 g/mol. The van der Waals surface area contributed by atoms with Crippen molar-refractivity contribution in [3.8, 4) is 0 Å². The van der Waals surface area contributed by atoms with Crippen molar-refractivity contribution in [3.63, 3.8) is 0 Å². The molecule has 0 bridgehead atoms. The van der Waals surface area contributed by atoms with Crippen molar-refractivity contribution < 1.29 is 13.5 Å². The van der Waals surface area contributed by atoms with Gasteiger partial charge in [-0.2, -0.15) is 0 Å². The van der Waals surface area contributed by atoms with E-state index in [1.807, 2.05) is 6.08 Å². The molecule has 3 rings (SSSR count). The summed E-state index contributed by atoms with van der Waals surface area (Å²) in [6.45, 7) is 0. The van der Waals surface area contributed by atoms with E-state index in [0.29, 0.717) is 27.5 Å². The lowest BCUT2D eigenvalue weighted by Gasteiger charge is -2.15. The normalized spacial score (nSPS) is 16.6. The van der Waals surface area contributed by atoms with Gasteiger partial charge in [-0.05, 0) is 35.4 Å². The van der Waals surface area contributed by atoms with E-state index < -0.39 is 16.1 Å². The maximum Gasteiger partial charge on any atom is 0.229 e. The fourth-order valence-electron chi connectivity index (χ4n) is 2.40. The summed E-state index contributed by atoms with van der Waals surface area (Å²) in [4.78, 5) is 4.20. The van der Waals surface area contributed by atoms with Gasteiger partial charge in [-0.25, -0.2) is 8.42 Å². The molecule has 1 atom stereocenters. The second-order valence-electron chi connectivity index (χ2n) is 5.08. The van der Waals surface area contributed by atoms with Crippen LogP contribution in [0.25, 0.3) is 12.2 Å². The van der Waals surface area contributed by atoms with Crippen molar-refractivity contribution in [2.45, 2.75) is 6.10 Å². The molecule has 0 saturated heterocycles. The van der Waals surface area contributed by atoms with Gasteiger partial charge in [0.1, 0.15) is 6.10 Å². The summed E-state index contributed by atoms with van der Waals surface area (Å²) in [5.41, 5.74) is 2.99. The Labute approximate surface area is 133 Å². The number of hydrogen-bond donors (Lipinski definition) is 2. The van der Waals surface area contributed by atoms with Gasteiger partial charge in [-0.1, -0.05) is 23.7 Å². The van der Waals surface area contributed by atoms with Gasteiger partial charge in [-0.3, -0.25) is 9.71 Å². The minimum atomic E-state index is -3.38. The molecule has 7 heteroatoms.